The summed E-state index contributed by atoms with van der Waals surface area (Å²) in [5.74, 6) is 0.0221. The Labute approximate surface area is 124 Å². The Morgan fingerprint density at radius 1 is 1.30 bits per heavy atom. The summed E-state index contributed by atoms with van der Waals surface area (Å²) in [4.78, 5) is 11.7. The van der Waals surface area contributed by atoms with E-state index in [-0.39, 0.29) is 5.91 Å². The number of hydrogen-bond donors (Lipinski definition) is 2. The fourth-order valence-corrected chi connectivity index (χ4v) is 2.30. The molecule has 0 radical (unpaired) electrons. The van der Waals surface area contributed by atoms with Gasteiger partial charge in [-0.3, -0.25) is 4.79 Å². The molecule has 110 valence electrons. The number of halogens is 1. The van der Waals surface area contributed by atoms with E-state index in [4.69, 9.17) is 16.3 Å². The number of hydrogen-bond acceptors (Lipinski definition) is 3. The molecule has 2 N–H and O–H groups in total. The molecular formula is C15H21ClN2O2. The maximum Gasteiger partial charge on any atom is 0.222 e. The van der Waals surface area contributed by atoms with Crippen molar-refractivity contribution < 1.29 is 9.53 Å². The zero-order valence-corrected chi connectivity index (χ0v) is 12.3. The summed E-state index contributed by atoms with van der Waals surface area (Å²) < 4.78 is 5.70. The Hall–Kier alpha value is -1.10. The van der Waals surface area contributed by atoms with Gasteiger partial charge in [0.1, 0.15) is 0 Å². The Bertz CT molecular complexity index is 416. The fraction of sp³-hybridized carbons (Fsp3) is 0.533. The van der Waals surface area contributed by atoms with E-state index in [9.17, 15) is 4.79 Å². The molecule has 1 aromatic carbocycles. The van der Waals surface area contributed by atoms with Gasteiger partial charge in [0.2, 0.25) is 5.91 Å². The van der Waals surface area contributed by atoms with Gasteiger partial charge in [0.25, 0.3) is 0 Å². The molecule has 0 bridgehead atoms. The van der Waals surface area contributed by atoms with E-state index in [1.807, 2.05) is 24.3 Å². The van der Waals surface area contributed by atoms with Crippen molar-refractivity contribution in [2.45, 2.75) is 31.9 Å². The van der Waals surface area contributed by atoms with Crippen LogP contribution in [-0.4, -0.2) is 31.7 Å². The second-order valence-corrected chi connectivity index (χ2v) is 5.41. The first-order valence-corrected chi connectivity index (χ1v) is 7.45. The summed E-state index contributed by atoms with van der Waals surface area (Å²) in [6, 6.07) is 7.47. The van der Waals surface area contributed by atoms with Crippen LogP contribution in [0.2, 0.25) is 5.02 Å². The van der Waals surface area contributed by atoms with Crippen LogP contribution in [0.1, 0.15) is 24.8 Å². The van der Waals surface area contributed by atoms with Crippen molar-refractivity contribution in [2.75, 3.05) is 19.7 Å². The lowest BCUT2D eigenvalue weighted by Crippen LogP contribution is -2.33. The monoisotopic (exact) mass is 296 g/mol. The van der Waals surface area contributed by atoms with Gasteiger partial charge in [-0.05, 0) is 43.6 Å². The third-order valence-corrected chi connectivity index (χ3v) is 3.62. The van der Waals surface area contributed by atoms with Gasteiger partial charge >= 0.3 is 0 Å². The summed E-state index contributed by atoms with van der Waals surface area (Å²) in [7, 11) is 0. The number of carbonyl (C=O) groups is 1. The quantitative estimate of drug-likeness (QED) is 0.845. The van der Waals surface area contributed by atoms with Crippen LogP contribution in [0.4, 0.5) is 0 Å². The normalized spacial score (nSPS) is 16.1. The van der Waals surface area contributed by atoms with E-state index < -0.39 is 0 Å². The number of amides is 1. The van der Waals surface area contributed by atoms with Gasteiger partial charge in [0, 0.05) is 18.0 Å². The number of nitrogens with one attached hydrogen (secondary N) is 2. The molecule has 1 aliphatic rings. The summed E-state index contributed by atoms with van der Waals surface area (Å²) in [6.07, 6.45) is 2.79. The van der Waals surface area contributed by atoms with Crippen LogP contribution in [0.25, 0.3) is 0 Å². The largest absolute Gasteiger partial charge is 0.378 e. The van der Waals surface area contributed by atoms with Gasteiger partial charge < -0.3 is 15.4 Å². The van der Waals surface area contributed by atoms with E-state index in [1.54, 1.807) is 0 Å². The summed E-state index contributed by atoms with van der Waals surface area (Å²) in [6.45, 7) is 3.04. The number of benzene rings is 1. The second-order valence-electron chi connectivity index (χ2n) is 4.97. The third-order valence-electron chi connectivity index (χ3n) is 3.37. The van der Waals surface area contributed by atoms with E-state index in [0.29, 0.717) is 30.7 Å². The first kappa shape index (κ1) is 15.3. The third kappa shape index (κ3) is 5.49. The standard InChI is InChI=1S/C15H21ClN2O2/c16-13-3-1-12(2-4-13)11-18-15(19)7-10-20-14-5-8-17-9-6-14/h1-4,14,17H,5-11H2,(H,18,19). The SMILES string of the molecule is O=C(CCOC1CCNCC1)NCc1ccc(Cl)cc1. The summed E-state index contributed by atoms with van der Waals surface area (Å²) in [5, 5.41) is 6.87. The van der Waals surface area contributed by atoms with Gasteiger partial charge in [-0.15, -0.1) is 0 Å². The van der Waals surface area contributed by atoms with Crippen LogP contribution in [0.3, 0.4) is 0 Å². The van der Waals surface area contributed by atoms with Crippen molar-refractivity contribution in [1.82, 2.24) is 10.6 Å². The molecule has 0 saturated carbocycles. The van der Waals surface area contributed by atoms with Gasteiger partial charge in [0.15, 0.2) is 0 Å². The van der Waals surface area contributed by atoms with E-state index in [1.165, 1.54) is 0 Å². The Kier molecular flexibility index (Phi) is 6.30. The second kappa shape index (κ2) is 8.25. The first-order valence-electron chi connectivity index (χ1n) is 7.07. The molecule has 0 unspecified atom stereocenters. The van der Waals surface area contributed by atoms with Crippen molar-refractivity contribution in [1.29, 1.82) is 0 Å². The molecular weight excluding hydrogens is 276 g/mol. The lowest BCUT2D eigenvalue weighted by Gasteiger charge is -2.22. The lowest BCUT2D eigenvalue weighted by molar-refractivity contribution is -0.122. The van der Waals surface area contributed by atoms with Crippen molar-refractivity contribution in [3.63, 3.8) is 0 Å². The van der Waals surface area contributed by atoms with Crippen LogP contribution in [-0.2, 0) is 16.1 Å². The molecule has 2 rings (SSSR count). The van der Waals surface area contributed by atoms with Crippen LogP contribution < -0.4 is 10.6 Å². The molecule has 0 aromatic heterocycles. The molecule has 1 amide bonds. The highest BCUT2D eigenvalue weighted by Gasteiger charge is 2.13. The number of rotatable bonds is 6. The molecule has 0 aliphatic carbocycles. The average molecular weight is 297 g/mol. The van der Waals surface area contributed by atoms with Crippen molar-refractivity contribution in [2.24, 2.45) is 0 Å². The Morgan fingerprint density at radius 2 is 2.00 bits per heavy atom. The molecule has 4 nitrogen and oxygen atoms in total. The zero-order valence-electron chi connectivity index (χ0n) is 11.5. The van der Waals surface area contributed by atoms with Crippen molar-refractivity contribution >= 4 is 17.5 Å². The molecule has 1 aliphatic heterocycles. The minimum atomic E-state index is 0.0221. The molecule has 0 spiro atoms. The van der Waals surface area contributed by atoms with Crippen LogP contribution >= 0.6 is 11.6 Å². The smallest absolute Gasteiger partial charge is 0.222 e. The summed E-state index contributed by atoms with van der Waals surface area (Å²) in [5.41, 5.74) is 1.04. The van der Waals surface area contributed by atoms with Crippen LogP contribution in [0.5, 0.6) is 0 Å². The number of piperidine rings is 1. The minimum Gasteiger partial charge on any atom is -0.378 e. The van der Waals surface area contributed by atoms with Crippen molar-refractivity contribution in [3.05, 3.63) is 34.9 Å². The van der Waals surface area contributed by atoms with Gasteiger partial charge in [-0.25, -0.2) is 0 Å². The van der Waals surface area contributed by atoms with Crippen LogP contribution in [0.15, 0.2) is 24.3 Å². The van der Waals surface area contributed by atoms with Gasteiger partial charge in [0.05, 0.1) is 12.7 Å². The molecule has 1 fully saturated rings. The molecule has 0 atom stereocenters. The molecule has 1 saturated heterocycles. The molecule has 5 heteroatoms. The Balaban J connectivity index is 1.59. The van der Waals surface area contributed by atoms with Crippen LogP contribution in [0, 0.1) is 0 Å². The van der Waals surface area contributed by atoms with Gasteiger partial charge in [-0.2, -0.15) is 0 Å². The predicted molar refractivity (Wildman–Crippen MR) is 79.8 cm³/mol. The number of ether oxygens (including phenoxy) is 1. The highest BCUT2D eigenvalue weighted by atomic mass is 35.5. The van der Waals surface area contributed by atoms with E-state index >= 15 is 0 Å². The highest BCUT2D eigenvalue weighted by molar-refractivity contribution is 6.30. The predicted octanol–water partition coefficient (Wildman–Crippen LogP) is 2.11. The summed E-state index contributed by atoms with van der Waals surface area (Å²) >= 11 is 5.81. The lowest BCUT2D eigenvalue weighted by atomic mass is 10.1. The Morgan fingerprint density at radius 3 is 2.70 bits per heavy atom. The fourth-order valence-electron chi connectivity index (χ4n) is 2.17. The first-order chi connectivity index (χ1) is 9.74. The highest BCUT2D eigenvalue weighted by Crippen LogP contribution is 2.09. The van der Waals surface area contributed by atoms with E-state index in [2.05, 4.69) is 10.6 Å². The molecule has 1 heterocycles. The topological polar surface area (TPSA) is 50.4 Å². The zero-order chi connectivity index (χ0) is 14.2. The maximum atomic E-state index is 11.7. The minimum absolute atomic E-state index is 0.0221. The van der Waals surface area contributed by atoms with Crippen molar-refractivity contribution in [3.8, 4) is 0 Å². The molecule has 20 heavy (non-hydrogen) atoms. The molecule has 1 aromatic rings. The van der Waals surface area contributed by atoms with Gasteiger partial charge in [-0.1, -0.05) is 23.7 Å². The number of carbonyl (C=O) groups excluding carboxylic acids is 1. The maximum absolute atomic E-state index is 11.7. The average Bonchev–Trinajstić information content (AvgIpc) is 2.48. The van der Waals surface area contributed by atoms with E-state index in [0.717, 1.165) is 31.5 Å².